The van der Waals surface area contributed by atoms with E-state index in [0.29, 0.717) is 6.54 Å². The maximum atomic E-state index is 12.0. The highest BCUT2D eigenvalue weighted by Crippen LogP contribution is 2.27. The summed E-state index contributed by atoms with van der Waals surface area (Å²) in [6.07, 6.45) is 0.962. The molecule has 3 amide bonds. The fraction of sp³-hybridized carbons (Fsp3) is 0.357. The number of carboxylic acid groups (broad SMARTS) is 1. The second kappa shape index (κ2) is 6.18. The van der Waals surface area contributed by atoms with Crippen molar-refractivity contribution in [3.05, 3.63) is 29.8 Å². The van der Waals surface area contributed by atoms with Crippen molar-refractivity contribution >= 4 is 23.6 Å². The lowest BCUT2D eigenvalue weighted by molar-refractivity contribution is -0.137. The van der Waals surface area contributed by atoms with Crippen LogP contribution in [0.1, 0.15) is 24.8 Å². The van der Waals surface area contributed by atoms with Crippen molar-refractivity contribution in [3.63, 3.8) is 0 Å². The molecule has 106 valence electrons. The fourth-order valence-electron chi connectivity index (χ4n) is 2.20. The third kappa shape index (κ3) is 3.34. The third-order valence-electron chi connectivity index (χ3n) is 3.17. The first kappa shape index (κ1) is 14.0. The Labute approximate surface area is 116 Å². The summed E-state index contributed by atoms with van der Waals surface area (Å²) in [4.78, 5) is 35.4. The van der Waals surface area contributed by atoms with E-state index in [2.05, 4.69) is 5.32 Å². The van der Waals surface area contributed by atoms with Gasteiger partial charge in [0.1, 0.15) is 0 Å². The molecule has 0 aromatic heterocycles. The Bertz CT molecular complexity index is 542. The van der Waals surface area contributed by atoms with Gasteiger partial charge in [0.15, 0.2) is 0 Å². The first-order chi connectivity index (χ1) is 9.58. The number of hydrogen-bond donors (Lipinski definition) is 2. The standard InChI is InChI=1S/C14H16N2O4/c17-12(6-3-7-13(18)19)15-14(20)16-9-8-10-4-1-2-5-11(10)16/h1-2,4-5H,3,6-9H2,(H,18,19)(H,15,17,20). The number of aliphatic carboxylic acids is 1. The summed E-state index contributed by atoms with van der Waals surface area (Å²) in [7, 11) is 0. The van der Waals surface area contributed by atoms with E-state index in [1.807, 2.05) is 24.3 Å². The number of benzene rings is 1. The van der Waals surface area contributed by atoms with Crippen molar-refractivity contribution in [2.24, 2.45) is 0 Å². The van der Waals surface area contributed by atoms with Crippen LogP contribution in [-0.4, -0.2) is 29.6 Å². The molecular formula is C14H16N2O4. The molecule has 2 rings (SSSR count). The van der Waals surface area contributed by atoms with Crippen molar-refractivity contribution in [3.8, 4) is 0 Å². The number of rotatable bonds is 4. The molecule has 1 aromatic carbocycles. The van der Waals surface area contributed by atoms with Gasteiger partial charge in [0.25, 0.3) is 0 Å². The van der Waals surface area contributed by atoms with Crippen LogP contribution in [-0.2, 0) is 16.0 Å². The molecule has 0 atom stereocenters. The Morgan fingerprint density at radius 2 is 1.95 bits per heavy atom. The summed E-state index contributed by atoms with van der Waals surface area (Å²) < 4.78 is 0. The molecule has 1 aliphatic heterocycles. The molecule has 1 aromatic rings. The first-order valence-electron chi connectivity index (χ1n) is 6.49. The molecule has 0 spiro atoms. The SMILES string of the molecule is O=C(O)CCCC(=O)NC(=O)N1CCc2ccccc21. The van der Waals surface area contributed by atoms with Crippen LogP contribution in [0.3, 0.4) is 0 Å². The normalized spacial score (nSPS) is 12.9. The van der Waals surface area contributed by atoms with Crippen LogP contribution >= 0.6 is 0 Å². The Morgan fingerprint density at radius 1 is 1.20 bits per heavy atom. The van der Waals surface area contributed by atoms with E-state index in [1.54, 1.807) is 0 Å². The number of hydrogen-bond acceptors (Lipinski definition) is 3. The highest BCUT2D eigenvalue weighted by atomic mass is 16.4. The highest BCUT2D eigenvalue weighted by Gasteiger charge is 2.25. The van der Waals surface area contributed by atoms with Gasteiger partial charge in [-0.3, -0.25) is 19.8 Å². The van der Waals surface area contributed by atoms with E-state index in [9.17, 15) is 14.4 Å². The average molecular weight is 276 g/mol. The predicted molar refractivity (Wildman–Crippen MR) is 72.5 cm³/mol. The molecule has 6 nitrogen and oxygen atoms in total. The summed E-state index contributed by atoms with van der Waals surface area (Å²) in [6, 6.07) is 7.11. The summed E-state index contributed by atoms with van der Waals surface area (Å²) in [6.45, 7) is 0.549. The maximum Gasteiger partial charge on any atom is 0.328 e. The van der Waals surface area contributed by atoms with Gasteiger partial charge in [0.05, 0.1) is 0 Å². The minimum absolute atomic E-state index is 0.0352. The van der Waals surface area contributed by atoms with E-state index in [0.717, 1.165) is 17.7 Å². The van der Waals surface area contributed by atoms with E-state index in [1.165, 1.54) is 4.90 Å². The number of carbonyl (C=O) groups excluding carboxylic acids is 2. The first-order valence-corrected chi connectivity index (χ1v) is 6.49. The molecule has 0 saturated carbocycles. The van der Waals surface area contributed by atoms with Crippen molar-refractivity contribution in [1.82, 2.24) is 5.32 Å². The predicted octanol–water partition coefficient (Wildman–Crippen LogP) is 1.54. The van der Waals surface area contributed by atoms with Crippen LogP contribution < -0.4 is 10.2 Å². The largest absolute Gasteiger partial charge is 0.481 e. The Kier molecular flexibility index (Phi) is 4.34. The molecule has 1 aliphatic rings. The van der Waals surface area contributed by atoms with Gasteiger partial charge in [-0.1, -0.05) is 18.2 Å². The van der Waals surface area contributed by atoms with E-state index < -0.39 is 17.9 Å². The van der Waals surface area contributed by atoms with Gasteiger partial charge < -0.3 is 5.11 Å². The number of nitrogens with one attached hydrogen (secondary N) is 1. The van der Waals surface area contributed by atoms with E-state index in [4.69, 9.17) is 5.11 Å². The van der Waals surface area contributed by atoms with Gasteiger partial charge in [0.2, 0.25) is 5.91 Å². The molecule has 0 unspecified atom stereocenters. The Morgan fingerprint density at radius 3 is 2.70 bits per heavy atom. The van der Waals surface area contributed by atoms with Gasteiger partial charge in [-0.2, -0.15) is 0 Å². The molecule has 2 N–H and O–H groups in total. The summed E-state index contributed by atoms with van der Waals surface area (Å²) >= 11 is 0. The number of amides is 3. The fourth-order valence-corrected chi connectivity index (χ4v) is 2.20. The van der Waals surface area contributed by atoms with Gasteiger partial charge in [-0.05, 0) is 24.5 Å². The number of fused-ring (bicyclic) bond motifs is 1. The number of urea groups is 1. The molecule has 6 heteroatoms. The molecule has 20 heavy (non-hydrogen) atoms. The monoisotopic (exact) mass is 276 g/mol. The number of anilines is 1. The summed E-state index contributed by atoms with van der Waals surface area (Å²) in [5.41, 5.74) is 1.91. The van der Waals surface area contributed by atoms with Crippen molar-refractivity contribution < 1.29 is 19.5 Å². The highest BCUT2D eigenvalue weighted by molar-refractivity contribution is 6.03. The lowest BCUT2D eigenvalue weighted by Gasteiger charge is -2.17. The number of imide groups is 1. The van der Waals surface area contributed by atoms with Crippen molar-refractivity contribution in [2.75, 3.05) is 11.4 Å². The lowest BCUT2D eigenvalue weighted by Crippen LogP contribution is -2.42. The quantitative estimate of drug-likeness (QED) is 0.873. The second-order valence-corrected chi connectivity index (χ2v) is 4.63. The zero-order valence-electron chi connectivity index (χ0n) is 11.0. The Hall–Kier alpha value is -2.37. The van der Waals surface area contributed by atoms with Crippen molar-refractivity contribution in [1.29, 1.82) is 0 Å². The molecule has 0 radical (unpaired) electrons. The molecule has 0 bridgehead atoms. The molecule has 0 fully saturated rings. The van der Waals surface area contributed by atoms with Crippen molar-refractivity contribution in [2.45, 2.75) is 25.7 Å². The molecule has 0 aliphatic carbocycles. The van der Waals surface area contributed by atoms with Gasteiger partial charge in [0, 0.05) is 25.1 Å². The summed E-state index contributed by atoms with van der Waals surface area (Å²) in [5.74, 6) is -1.39. The van der Waals surface area contributed by atoms with Crippen LogP contribution in [0.15, 0.2) is 24.3 Å². The number of carbonyl (C=O) groups is 3. The number of nitrogens with zero attached hydrogens (tertiary/aromatic N) is 1. The third-order valence-corrected chi connectivity index (χ3v) is 3.17. The average Bonchev–Trinajstić information content (AvgIpc) is 2.82. The van der Waals surface area contributed by atoms with Crippen LogP contribution in [0, 0.1) is 0 Å². The minimum atomic E-state index is -0.947. The second-order valence-electron chi connectivity index (χ2n) is 4.63. The van der Waals surface area contributed by atoms with Gasteiger partial charge in [-0.15, -0.1) is 0 Å². The zero-order valence-corrected chi connectivity index (χ0v) is 11.0. The topological polar surface area (TPSA) is 86.7 Å². The van der Waals surface area contributed by atoms with Crippen LogP contribution in [0.25, 0.3) is 0 Å². The smallest absolute Gasteiger partial charge is 0.328 e. The van der Waals surface area contributed by atoms with Gasteiger partial charge in [-0.25, -0.2) is 4.79 Å². The van der Waals surface area contributed by atoms with Gasteiger partial charge >= 0.3 is 12.0 Å². The molecular weight excluding hydrogens is 260 g/mol. The van der Waals surface area contributed by atoms with E-state index >= 15 is 0 Å². The lowest BCUT2D eigenvalue weighted by atomic mass is 10.2. The maximum absolute atomic E-state index is 12.0. The van der Waals surface area contributed by atoms with Crippen LogP contribution in [0.4, 0.5) is 10.5 Å². The van der Waals surface area contributed by atoms with E-state index in [-0.39, 0.29) is 19.3 Å². The number of carboxylic acids is 1. The summed E-state index contributed by atoms with van der Waals surface area (Å²) in [5, 5.41) is 10.8. The number of para-hydroxylation sites is 1. The van der Waals surface area contributed by atoms with Crippen LogP contribution in [0.5, 0.6) is 0 Å². The molecule has 1 heterocycles. The molecule has 0 saturated heterocycles. The minimum Gasteiger partial charge on any atom is -0.481 e. The Balaban J connectivity index is 1.87. The van der Waals surface area contributed by atoms with Crippen LogP contribution in [0.2, 0.25) is 0 Å². The zero-order chi connectivity index (χ0) is 14.5.